The van der Waals surface area contributed by atoms with E-state index in [0.717, 1.165) is 25.9 Å². The highest BCUT2D eigenvalue weighted by molar-refractivity contribution is 5.82. The molecule has 0 aliphatic carbocycles. The van der Waals surface area contributed by atoms with Crippen LogP contribution < -0.4 is 5.73 Å². The summed E-state index contributed by atoms with van der Waals surface area (Å²) in [6.07, 6.45) is 2.08. The maximum atomic E-state index is 11.8. The van der Waals surface area contributed by atoms with Gasteiger partial charge in [0.1, 0.15) is 6.54 Å². The Morgan fingerprint density at radius 3 is 2.40 bits per heavy atom. The van der Waals surface area contributed by atoms with Crippen LogP contribution in [0.5, 0.6) is 0 Å². The van der Waals surface area contributed by atoms with Crippen molar-refractivity contribution in [1.82, 2.24) is 9.80 Å². The number of likely N-dealkylation sites (N-methyl/N-ethyl adjacent to an activating group) is 1. The number of primary amides is 1. The second kappa shape index (κ2) is 5.00. The molecule has 1 aliphatic heterocycles. The van der Waals surface area contributed by atoms with Crippen molar-refractivity contribution in [2.75, 3.05) is 26.7 Å². The SMILES string of the molecule is CC1CCN(C(=O)N(C)CC(N)=O)CC1. The van der Waals surface area contributed by atoms with Gasteiger partial charge in [-0.3, -0.25) is 4.79 Å². The molecule has 0 spiro atoms. The lowest BCUT2D eigenvalue weighted by Gasteiger charge is -2.33. The lowest BCUT2D eigenvalue weighted by molar-refractivity contribution is -0.118. The molecule has 3 amide bonds. The van der Waals surface area contributed by atoms with Gasteiger partial charge in [0.15, 0.2) is 0 Å². The highest BCUT2D eigenvalue weighted by atomic mass is 16.2. The maximum absolute atomic E-state index is 11.8. The predicted molar refractivity (Wildman–Crippen MR) is 57.2 cm³/mol. The molecule has 5 heteroatoms. The number of rotatable bonds is 2. The second-order valence-electron chi connectivity index (χ2n) is 4.27. The largest absolute Gasteiger partial charge is 0.368 e. The quantitative estimate of drug-likeness (QED) is 0.714. The lowest BCUT2D eigenvalue weighted by atomic mass is 10.00. The smallest absolute Gasteiger partial charge is 0.320 e. The van der Waals surface area contributed by atoms with E-state index in [0.29, 0.717) is 5.92 Å². The van der Waals surface area contributed by atoms with Crippen molar-refractivity contribution < 1.29 is 9.59 Å². The Kier molecular flexibility index (Phi) is 3.94. The van der Waals surface area contributed by atoms with Gasteiger partial charge in [-0.2, -0.15) is 0 Å². The highest BCUT2D eigenvalue weighted by Gasteiger charge is 2.23. The Morgan fingerprint density at radius 1 is 1.40 bits per heavy atom. The number of hydrogen-bond acceptors (Lipinski definition) is 2. The first-order valence-electron chi connectivity index (χ1n) is 5.29. The van der Waals surface area contributed by atoms with E-state index in [-0.39, 0.29) is 12.6 Å². The third kappa shape index (κ3) is 3.42. The number of carbonyl (C=O) groups excluding carboxylic acids is 2. The molecule has 1 aliphatic rings. The van der Waals surface area contributed by atoms with E-state index in [9.17, 15) is 9.59 Å². The normalized spacial score (nSPS) is 17.6. The summed E-state index contributed by atoms with van der Waals surface area (Å²) in [6, 6.07) is -0.0966. The van der Waals surface area contributed by atoms with Gasteiger partial charge in [0.25, 0.3) is 0 Å². The number of nitrogens with two attached hydrogens (primary N) is 1. The number of carbonyl (C=O) groups is 2. The van der Waals surface area contributed by atoms with Crippen molar-refractivity contribution >= 4 is 11.9 Å². The summed E-state index contributed by atoms with van der Waals surface area (Å²) in [5, 5.41) is 0. The van der Waals surface area contributed by atoms with E-state index < -0.39 is 5.91 Å². The molecule has 0 aromatic carbocycles. The second-order valence-corrected chi connectivity index (χ2v) is 4.27. The summed E-state index contributed by atoms with van der Waals surface area (Å²) in [7, 11) is 1.60. The number of piperidine rings is 1. The van der Waals surface area contributed by atoms with Crippen LogP contribution in [-0.2, 0) is 4.79 Å². The molecule has 0 atom stereocenters. The van der Waals surface area contributed by atoms with Crippen molar-refractivity contribution in [3.05, 3.63) is 0 Å². The molecule has 0 aromatic heterocycles. The Labute approximate surface area is 90.2 Å². The van der Waals surface area contributed by atoms with Gasteiger partial charge in [-0.1, -0.05) is 6.92 Å². The lowest BCUT2D eigenvalue weighted by Crippen LogP contribution is -2.47. The van der Waals surface area contributed by atoms with Crippen molar-refractivity contribution in [1.29, 1.82) is 0 Å². The number of urea groups is 1. The van der Waals surface area contributed by atoms with Gasteiger partial charge >= 0.3 is 6.03 Å². The summed E-state index contributed by atoms with van der Waals surface area (Å²) >= 11 is 0. The first kappa shape index (κ1) is 11.8. The van der Waals surface area contributed by atoms with Crippen molar-refractivity contribution in [3.8, 4) is 0 Å². The minimum Gasteiger partial charge on any atom is -0.368 e. The molecule has 0 unspecified atom stereocenters. The molecule has 86 valence electrons. The molecule has 2 N–H and O–H groups in total. The van der Waals surface area contributed by atoms with Crippen molar-refractivity contribution in [2.45, 2.75) is 19.8 Å². The third-order valence-corrected chi connectivity index (χ3v) is 2.77. The summed E-state index contributed by atoms with van der Waals surface area (Å²) in [5.74, 6) is 0.215. The standard InChI is InChI=1S/C10H19N3O2/c1-8-3-5-13(6-4-8)10(15)12(2)7-9(11)14/h8H,3-7H2,1-2H3,(H2,11,14). The fourth-order valence-electron chi connectivity index (χ4n) is 1.74. The molecule has 0 aromatic rings. The van der Waals surface area contributed by atoms with Gasteiger partial charge in [0, 0.05) is 20.1 Å². The van der Waals surface area contributed by atoms with Crippen LogP contribution in [0.3, 0.4) is 0 Å². The number of nitrogens with zero attached hydrogens (tertiary/aromatic N) is 2. The number of hydrogen-bond donors (Lipinski definition) is 1. The van der Waals surface area contributed by atoms with Crippen LogP contribution in [0, 0.1) is 5.92 Å². The van der Waals surface area contributed by atoms with Gasteiger partial charge < -0.3 is 15.5 Å². The van der Waals surface area contributed by atoms with E-state index in [4.69, 9.17) is 5.73 Å². The van der Waals surface area contributed by atoms with Crippen LogP contribution in [0.15, 0.2) is 0 Å². The molecular formula is C10H19N3O2. The maximum Gasteiger partial charge on any atom is 0.320 e. The zero-order valence-electron chi connectivity index (χ0n) is 9.40. The monoisotopic (exact) mass is 213 g/mol. The molecule has 0 bridgehead atoms. The predicted octanol–water partition coefficient (Wildman–Crippen LogP) is 0.255. The Balaban J connectivity index is 2.42. The number of amides is 3. The van der Waals surface area contributed by atoms with Gasteiger partial charge in [-0.25, -0.2) is 4.79 Å². The molecule has 1 saturated heterocycles. The van der Waals surface area contributed by atoms with Crippen LogP contribution >= 0.6 is 0 Å². The Morgan fingerprint density at radius 2 is 1.93 bits per heavy atom. The first-order chi connectivity index (χ1) is 7.00. The molecule has 1 fully saturated rings. The molecule has 1 rings (SSSR count). The van der Waals surface area contributed by atoms with Crippen molar-refractivity contribution in [2.24, 2.45) is 11.7 Å². The zero-order chi connectivity index (χ0) is 11.4. The molecule has 15 heavy (non-hydrogen) atoms. The minimum atomic E-state index is -0.476. The van der Waals surface area contributed by atoms with Crippen LogP contribution in [0.1, 0.15) is 19.8 Å². The van der Waals surface area contributed by atoms with Gasteiger partial charge in [-0.05, 0) is 18.8 Å². The summed E-state index contributed by atoms with van der Waals surface area (Å²) in [4.78, 5) is 25.6. The Hall–Kier alpha value is -1.26. The van der Waals surface area contributed by atoms with E-state index in [1.807, 2.05) is 0 Å². The van der Waals surface area contributed by atoms with E-state index >= 15 is 0 Å². The molecule has 0 radical (unpaired) electrons. The summed E-state index contributed by atoms with van der Waals surface area (Å²) < 4.78 is 0. The average Bonchev–Trinajstić information content (AvgIpc) is 2.17. The number of likely N-dealkylation sites (tertiary alicyclic amines) is 1. The minimum absolute atomic E-state index is 0.00904. The van der Waals surface area contributed by atoms with Gasteiger partial charge in [0.2, 0.25) is 5.91 Å². The highest BCUT2D eigenvalue weighted by Crippen LogP contribution is 2.16. The molecular weight excluding hydrogens is 194 g/mol. The van der Waals surface area contributed by atoms with E-state index in [1.54, 1.807) is 11.9 Å². The van der Waals surface area contributed by atoms with E-state index in [2.05, 4.69) is 6.92 Å². The van der Waals surface area contributed by atoms with Crippen LogP contribution in [0.4, 0.5) is 4.79 Å². The van der Waals surface area contributed by atoms with E-state index in [1.165, 1.54) is 4.90 Å². The topological polar surface area (TPSA) is 66.6 Å². The Bertz CT molecular complexity index is 247. The van der Waals surface area contributed by atoms with Crippen LogP contribution in [0.2, 0.25) is 0 Å². The third-order valence-electron chi connectivity index (χ3n) is 2.77. The summed E-state index contributed by atoms with van der Waals surface area (Å²) in [6.45, 7) is 3.74. The van der Waals surface area contributed by atoms with Gasteiger partial charge in [-0.15, -0.1) is 0 Å². The van der Waals surface area contributed by atoms with Crippen LogP contribution in [0.25, 0.3) is 0 Å². The van der Waals surface area contributed by atoms with Crippen molar-refractivity contribution in [3.63, 3.8) is 0 Å². The summed E-state index contributed by atoms with van der Waals surface area (Å²) in [5.41, 5.74) is 5.03. The molecule has 0 saturated carbocycles. The molecule has 1 heterocycles. The van der Waals surface area contributed by atoms with Gasteiger partial charge in [0.05, 0.1) is 0 Å². The van der Waals surface area contributed by atoms with Crippen LogP contribution in [-0.4, -0.2) is 48.4 Å². The zero-order valence-corrected chi connectivity index (χ0v) is 9.40. The fourth-order valence-corrected chi connectivity index (χ4v) is 1.74. The first-order valence-corrected chi connectivity index (χ1v) is 5.29. The fraction of sp³-hybridized carbons (Fsp3) is 0.800. The molecule has 5 nitrogen and oxygen atoms in total. The average molecular weight is 213 g/mol.